The van der Waals surface area contributed by atoms with Crippen molar-refractivity contribution in [3.05, 3.63) is 29.8 Å². The zero-order chi connectivity index (χ0) is 17.6. The summed E-state index contributed by atoms with van der Waals surface area (Å²) in [5, 5.41) is 20.1. The van der Waals surface area contributed by atoms with E-state index in [9.17, 15) is 31.9 Å². The molecule has 0 unspecified atom stereocenters. The summed E-state index contributed by atoms with van der Waals surface area (Å²) in [4.78, 5) is 12.5. The Balaban J connectivity index is 2.78. The van der Waals surface area contributed by atoms with Crippen molar-refractivity contribution in [2.24, 2.45) is 0 Å². The summed E-state index contributed by atoms with van der Waals surface area (Å²) in [7, 11) is 0. The van der Waals surface area contributed by atoms with E-state index < -0.39 is 56.1 Å². The van der Waals surface area contributed by atoms with E-state index in [4.69, 9.17) is 5.11 Å². The Hall–Kier alpha value is -1.94. The second-order valence-electron chi connectivity index (χ2n) is 4.71. The van der Waals surface area contributed by atoms with Crippen LogP contribution < -0.4 is 5.32 Å². The molecule has 0 saturated carbocycles. The molecule has 0 aliphatic carbocycles. The number of alkyl halides is 3. The maximum Gasteiger partial charge on any atom is 0.390 e. The molecule has 0 aromatic heterocycles. The lowest BCUT2D eigenvalue weighted by atomic mass is 10.3. The lowest BCUT2D eigenvalue weighted by Crippen LogP contribution is -2.43. The Bertz CT molecular complexity index is 539. The van der Waals surface area contributed by atoms with Gasteiger partial charge < -0.3 is 20.4 Å². The Morgan fingerprint density at radius 3 is 2.43 bits per heavy atom. The second-order valence-corrected chi connectivity index (χ2v) is 4.71. The van der Waals surface area contributed by atoms with Crippen molar-refractivity contribution < 1.29 is 37.0 Å². The summed E-state index contributed by atoms with van der Waals surface area (Å²) in [5.74, 6) is -2.38. The molecule has 0 saturated heterocycles. The van der Waals surface area contributed by atoms with Crippen LogP contribution in [-0.2, 0) is 0 Å². The SMILES string of the molecule is O=C(Nc1ccc(F)c(F)c1)N(CCC(F)(F)F)C[C@H](O)CO. The highest BCUT2D eigenvalue weighted by atomic mass is 19.4. The minimum atomic E-state index is -4.52. The van der Waals surface area contributed by atoms with Crippen LogP contribution in [-0.4, -0.2) is 53.1 Å². The van der Waals surface area contributed by atoms with E-state index >= 15 is 0 Å². The van der Waals surface area contributed by atoms with E-state index in [0.29, 0.717) is 11.0 Å². The first-order valence-electron chi connectivity index (χ1n) is 6.49. The molecule has 0 spiro atoms. The molecule has 10 heteroatoms. The first kappa shape index (κ1) is 19.1. The van der Waals surface area contributed by atoms with Gasteiger partial charge in [0.05, 0.1) is 25.7 Å². The van der Waals surface area contributed by atoms with Gasteiger partial charge in [0, 0.05) is 18.3 Å². The predicted molar refractivity (Wildman–Crippen MR) is 70.7 cm³/mol. The number of hydrogen-bond acceptors (Lipinski definition) is 3. The fraction of sp³-hybridized carbons (Fsp3) is 0.462. The third kappa shape index (κ3) is 6.78. The average Bonchev–Trinajstić information content (AvgIpc) is 2.45. The van der Waals surface area contributed by atoms with Gasteiger partial charge >= 0.3 is 12.2 Å². The van der Waals surface area contributed by atoms with Crippen LogP contribution in [0.2, 0.25) is 0 Å². The van der Waals surface area contributed by atoms with Crippen LogP contribution >= 0.6 is 0 Å². The summed E-state index contributed by atoms with van der Waals surface area (Å²) in [6.45, 7) is -2.07. The molecule has 3 N–H and O–H groups in total. The summed E-state index contributed by atoms with van der Waals surface area (Å²) >= 11 is 0. The van der Waals surface area contributed by atoms with Crippen LogP contribution in [0, 0.1) is 11.6 Å². The number of anilines is 1. The van der Waals surface area contributed by atoms with Crippen molar-refractivity contribution in [3.8, 4) is 0 Å². The predicted octanol–water partition coefficient (Wildman–Crippen LogP) is 2.10. The van der Waals surface area contributed by atoms with Crippen LogP contribution in [0.15, 0.2) is 18.2 Å². The zero-order valence-electron chi connectivity index (χ0n) is 11.8. The number of nitrogens with one attached hydrogen (secondary N) is 1. The number of carbonyl (C=O) groups is 1. The van der Waals surface area contributed by atoms with Gasteiger partial charge in [0.1, 0.15) is 0 Å². The van der Waals surface area contributed by atoms with Crippen molar-refractivity contribution in [2.45, 2.75) is 18.7 Å². The number of benzene rings is 1. The van der Waals surface area contributed by atoms with Gasteiger partial charge in [0.25, 0.3) is 0 Å². The highest BCUT2D eigenvalue weighted by Crippen LogP contribution is 2.20. The summed E-state index contributed by atoms with van der Waals surface area (Å²) in [5.41, 5.74) is -0.163. The van der Waals surface area contributed by atoms with Crippen LogP contribution in [0.25, 0.3) is 0 Å². The van der Waals surface area contributed by atoms with Gasteiger partial charge in [0.2, 0.25) is 0 Å². The molecule has 0 heterocycles. The maximum atomic E-state index is 13.0. The van der Waals surface area contributed by atoms with Gasteiger partial charge in [0.15, 0.2) is 11.6 Å². The topological polar surface area (TPSA) is 72.8 Å². The van der Waals surface area contributed by atoms with Crippen molar-refractivity contribution in [3.63, 3.8) is 0 Å². The number of nitrogens with zero attached hydrogens (tertiary/aromatic N) is 1. The quantitative estimate of drug-likeness (QED) is 0.694. The van der Waals surface area contributed by atoms with Gasteiger partial charge in [-0.25, -0.2) is 13.6 Å². The molecule has 0 radical (unpaired) electrons. The first-order valence-corrected chi connectivity index (χ1v) is 6.49. The van der Waals surface area contributed by atoms with Crippen molar-refractivity contribution in [1.29, 1.82) is 0 Å². The molecular weight excluding hydrogens is 327 g/mol. The molecule has 1 aromatic carbocycles. The van der Waals surface area contributed by atoms with Crippen molar-refractivity contribution >= 4 is 11.7 Å². The summed E-state index contributed by atoms with van der Waals surface area (Å²) < 4.78 is 62.6. The molecule has 2 amide bonds. The Kier molecular flexibility index (Phi) is 6.70. The molecule has 0 fully saturated rings. The van der Waals surface area contributed by atoms with Crippen LogP contribution in [0.4, 0.5) is 32.4 Å². The minimum absolute atomic E-state index is 0.163. The zero-order valence-corrected chi connectivity index (χ0v) is 11.8. The number of amides is 2. The third-order valence-electron chi connectivity index (χ3n) is 2.77. The molecule has 5 nitrogen and oxygen atoms in total. The normalized spacial score (nSPS) is 12.8. The van der Waals surface area contributed by atoms with E-state index in [0.717, 1.165) is 12.1 Å². The lowest BCUT2D eigenvalue weighted by Gasteiger charge is -2.25. The Morgan fingerprint density at radius 2 is 1.91 bits per heavy atom. The van der Waals surface area contributed by atoms with E-state index in [1.54, 1.807) is 0 Å². The lowest BCUT2D eigenvalue weighted by molar-refractivity contribution is -0.137. The summed E-state index contributed by atoms with van der Waals surface area (Å²) in [6, 6.07) is 1.39. The third-order valence-corrected chi connectivity index (χ3v) is 2.77. The van der Waals surface area contributed by atoms with Crippen LogP contribution in [0.5, 0.6) is 0 Å². The Morgan fingerprint density at radius 1 is 1.26 bits per heavy atom. The van der Waals surface area contributed by atoms with Gasteiger partial charge in [-0.1, -0.05) is 0 Å². The van der Waals surface area contributed by atoms with Gasteiger partial charge in [-0.3, -0.25) is 0 Å². The molecule has 0 bridgehead atoms. The number of halogens is 5. The van der Waals surface area contributed by atoms with E-state index in [-0.39, 0.29) is 5.69 Å². The van der Waals surface area contributed by atoms with Gasteiger partial charge in [-0.2, -0.15) is 13.2 Å². The fourth-order valence-electron chi connectivity index (χ4n) is 1.63. The van der Waals surface area contributed by atoms with Crippen LogP contribution in [0.3, 0.4) is 0 Å². The van der Waals surface area contributed by atoms with Gasteiger partial charge in [-0.15, -0.1) is 0 Å². The Labute approximate surface area is 128 Å². The molecule has 130 valence electrons. The summed E-state index contributed by atoms with van der Waals surface area (Å²) in [6.07, 6.45) is -7.28. The number of hydrogen-bond donors (Lipinski definition) is 3. The van der Waals surface area contributed by atoms with E-state index in [1.807, 2.05) is 0 Å². The van der Waals surface area contributed by atoms with Gasteiger partial charge in [-0.05, 0) is 12.1 Å². The molecule has 0 aliphatic rings. The average molecular weight is 342 g/mol. The highest BCUT2D eigenvalue weighted by molar-refractivity contribution is 5.89. The molecule has 1 atom stereocenters. The fourth-order valence-corrected chi connectivity index (χ4v) is 1.63. The number of urea groups is 1. The van der Waals surface area contributed by atoms with Crippen molar-refractivity contribution in [2.75, 3.05) is 25.0 Å². The van der Waals surface area contributed by atoms with Crippen molar-refractivity contribution in [1.82, 2.24) is 4.90 Å². The maximum absolute atomic E-state index is 13.0. The molecule has 0 aliphatic heterocycles. The van der Waals surface area contributed by atoms with E-state index in [1.165, 1.54) is 0 Å². The number of rotatable bonds is 6. The monoisotopic (exact) mass is 342 g/mol. The van der Waals surface area contributed by atoms with E-state index in [2.05, 4.69) is 5.32 Å². The minimum Gasteiger partial charge on any atom is -0.394 e. The number of aliphatic hydroxyl groups is 2. The number of aliphatic hydroxyl groups excluding tert-OH is 2. The molecule has 1 rings (SSSR count). The highest BCUT2D eigenvalue weighted by Gasteiger charge is 2.29. The number of carbonyl (C=O) groups excluding carboxylic acids is 1. The molecule has 1 aromatic rings. The first-order chi connectivity index (χ1) is 10.6. The molecule has 23 heavy (non-hydrogen) atoms. The second kappa shape index (κ2) is 8.06. The standard InChI is InChI=1S/C13H15F5N2O3/c14-10-2-1-8(5-11(10)15)19-12(23)20(6-9(22)7-21)4-3-13(16,17)18/h1-2,5,9,21-22H,3-4,6-7H2,(H,19,23)/t9-/m0/s1. The smallest absolute Gasteiger partial charge is 0.390 e. The van der Waals surface area contributed by atoms with Crippen LogP contribution in [0.1, 0.15) is 6.42 Å². The largest absolute Gasteiger partial charge is 0.394 e. The molecular formula is C13H15F5N2O3.